The molecular formula is C18H16N2O5. The summed E-state index contributed by atoms with van der Waals surface area (Å²) in [5, 5.41) is 7.46. The van der Waals surface area contributed by atoms with Gasteiger partial charge < -0.3 is 18.6 Å². The number of nitrogens with zero attached hydrogens (tertiary/aromatic N) is 2. The van der Waals surface area contributed by atoms with Gasteiger partial charge in [-0.25, -0.2) is 0 Å². The highest BCUT2D eigenvalue weighted by molar-refractivity contribution is 6.00. The first-order valence-electron chi connectivity index (χ1n) is 7.46. The summed E-state index contributed by atoms with van der Waals surface area (Å²) in [5.41, 5.74) is 1.21. The molecule has 0 spiro atoms. The van der Waals surface area contributed by atoms with Crippen molar-refractivity contribution in [3.63, 3.8) is 0 Å². The van der Waals surface area contributed by atoms with E-state index < -0.39 is 0 Å². The van der Waals surface area contributed by atoms with Crippen molar-refractivity contribution in [3.8, 4) is 28.7 Å². The Kier molecular flexibility index (Phi) is 4.94. The van der Waals surface area contributed by atoms with Gasteiger partial charge in [-0.1, -0.05) is 0 Å². The van der Waals surface area contributed by atoms with Crippen molar-refractivity contribution in [2.24, 2.45) is 0 Å². The standard InChI is InChI=1S/C18H16N2O5/c1-22-14-7-8-15(17(9-14)23-2)16(21)10-24-13-5-3-12(4-6-13)18-20-19-11-25-18/h3-9,11H,10H2,1-2H3. The number of Topliss-reactive ketones (excluding diaryl/α,β-unsaturated/α-hetero) is 1. The third-order valence-electron chi connectivity index (χ3n) is 3.54. The lowest BCUT2D eigenvalue weighted by Crippen LogP contribution is -2.12. The molecule has 1 heterocycles. The molecular weight excluding hydrogens is 324 g/mol. The van der Waals surface area contributed by atoms with E-state index in [1.807, 2.05) is 0 Å². The van der Waals surface area contributed by atoms with Crippen LogP contribution in [0.5, 0.6) is 17.2 Å². The van der Waals surface area contributed by atoms with Gasteiger partial charge in [0, 0.05) is 11.6 Å². The summed E-state index contributed by atoms with van der Waals surface area (Å²) in [7, 11) is 3.06. The predicted octanol–water partition coefficient (Wildman–Crippen LogP) is 3.02. The van der Waals surface area contributed by atoms with Crippen LogP contribution in [0.15, 0.2) is 53.3 Å². The van der Waals surface area contributed by atoms with E-state index in [0.29, 0.717) is 28.7 Å². The van der Waals surface area contributed by atoms with Crippen molar-refractivity contribution in [1.29, 1.82) is 0 Å². The van der Waals surface area contributed by atoms with Crippen LogP contribution >= 0.6 is 0 Å². The number of methoxy groups -OCH3 is 2. The molecule has 0 unspecified atom stereocenters. The molecule has 3 aromatic rings. The lowest BCUT2D eigenvalue weighted by atomic mass is 10.1. The molecule has 0 N–H and O–H groups in total. The molecule has 0 atom stereocenters. The average molecular weight is 340 g/mol. The summed E-state index contributed by atoms with van der Waals surface area (Å²) in [6, 6.07) is 12.0. The van der Waals surface area contributed by atoms with Gasteiger partial charge in [0.1, 0.15) is 17.2 Å². The summed E-state index contributed by atoms with van der Waals surface area (Å²) in [5.74, 6) is 1.85. The van der Waals surface area contributed by atoms with Crippen molar-refractivity contribution in [2.75, 3.05) is 20.8 Å². The summed E-state index contributed by atoms with van der Waals surface area (Å²) in [6.45, 7) is -0.109. The topological polar surface area (TPSA) is 83.7 Å². The Labute approximate surface area is 144 Å². The van der Waals surface area contributed by atoms with Crippen molar-refractivity contribution >= 4 is 5.78 Å². The van der Waals surface area contributed by atoms with E-state index in [4.69, 9.17) is 18.6 Å². The van der Waals surface area contributed by atoms with Crippen LogP contribution in [-0.4, -0.2) is 36.8 Å². The molecule has 3 rings (SSSR count). The number of hydrogen-bond acceptors (Lipinski definition) is 7. The lowest BCUT2D eigenvalue weighted by molar-refractivity contribution is 0.0918. The fraction of sp³-hybridized carbons (Fsp3) is 0.167. The molecule has 0 amide bonds. The number of carbonyl (C=O) groups excluding carboxylic acids is 1. The van der Waals surface area contributed by atoms with E-state index in [0.717, 1.165) is 5.56 Å². The van der Waals surface area contributed by atoms with Gasteiger partial charge in [-0.3, -0.25) is 4.79 Å². The molecule has 0 bridgehead atoms. The number of carbonyl (C=O) groups is 1. The third kappa shape index (κ3) is 3.77. The SMILES string of the molecule is COc1ccc(C(=O)COc2ccc(-c3nnco3)cc2)c(OC)c1. The predicted molar refractivity (Wildman–Crippen MR) is 89.1 cm³/mol. The van der Waals surface area contributed by atoms with Crippen LogP contribution in [0.3, 0.4) is 0 Å². The number of ether oxygens (including phenoxy) is 3. The second-order valence-corrected chi connectivity index (χ2v) is 5.05. The van der Waals surface area contributed by atoms with E-state index in [-0.39, 0.29) is 12.4 Å². The second kappa shape index (κ2) is 7.48. The van der Waals surface area contributed by atoms with Crippen molar-refractivity contribution in [1.82, 2.24) is 10.2 Å². The molecule has 0 saturated heterocycles. The van der Waals surface area contributed by atoms with E-state index in [1.54, 1.807) is 49.6 Å². The molecule has 7 heteroatoms. The monoisotopic (exact) mass is 340 g/mol. The first-order valence-corrected chi connectivity index (χ1v) is 7.46. The van der Waals surface area contributed by atoms with Crippen molar-refractivity contribution in [3.05, 3.63) is 54.4 Å². The summed E-state index contributed by atoms with van der Waals surface area (Å²) < 4.78 is 21.0. The lowest BCUT2D eigenvalue weighted by Gasteiger charge is -2.10. The van der Waals surface area contributed by atoms with Crippen LogP contribution in [-0.2, 0) is 0 Å². The zero-order chi connectivity index (χ0) is 17.6. The highest BCUT2D eigenvalue weighted by atomic mass is 16.5. The van der Waals surface area contributed by atoms with Crippen LogP contribution in [0.1, 0.15) is 10.4 Å². The average Bonchev–Trinajstić information content (AvgIpc) is 3.20. The molecule has 0 aliphatic heterocycles. The first kappa shape index (κ1) is 16.5. The Hall–Kier alpha value is -3.35. The number of rotatable bonds is 7. The van der Waals surface area contributed by atoms with E-state index in [9.17, 15) is 4.79 Å². The van der Waals surface area contributed by atoms with E-state index >= 15 is 0 Å². The minimum atomic E-state index is -0.194. The molecule has 2 aromatic carbocycles. The zero-order valence-corrected chi connectivity index (χ0v) is 13.8. The fourth-order valence-electron chi connectivity index (χ4n) is 2.25. The summed E-state index contributed by atoms with van der Waals surface area (Å²) in [4.78, 5) is 12.4. The minimum Gasteiger partial charge on any atom is -0.497 e. The van der Waals surface area contributed by atoms with Crippen LogP contribution in [0.25, 0.3) is 11.5 Å². The van der Waals surface area contributed by atoms with Gasteiger partial charge >= 0.3 is 0 Å². The van der Waals surface area contributed by atoms with Crippen molar-refractivity contribution in [2.45, 2.75) is 0 Å². The Morgan fingerprint density at radius 2 is 1.80 bits per heavy atom. The molecule has 0 saturated carbocycles. The Bertz CT molecular complexity index is 844. The van der Waals surface area contributed by atoms with Gasteiger partial charge in [-0.05, 0) is 36.4 Å². The molecule has 0 fully saturated rings. The van der Waals surface area contributed by atoms with Gasteiger partial charge in [0.25, 0.3) is 0 Å². The Balaban J connectivity index is 1.66. The molecule has 1 aromatic heterocycles. The summed E-state index contributed by atoms with van der Waals surface area (Å²) >= 11 is 0. The van der Waals surface area contributed by atoms with Crippen LogP contribution < -0.4 is 14.2 Å². The number of hydrogen-bond donors (Lipinski definition) is 0. The maximum absolute atomic E-state index is 12.4. The second-order valence-electron chi connectivity index (χ2n) is 5.05. The fourth-order valence-corrected chi connectivity index (χ4v) is 2.25. The minimum absolute atomic E-state index is 0.109. The Morgan fingerprint density at radius 3 is 2.44 bits per heavy atom. The third-order valence-corrected chi connectivity index (χ3v) is 3.54. The van der Waals surface area contributed by atoms with E-state index in [2.05, 4.69) is 10.2 Å². The summed E-state index contributed by atoms with van der Waals surface area (Å²) in [6.07, 6.45) is 1.26. The maximum Gasteiger partial charge on any atom is 0.247 e. The smallest absolute Gasteiger partial charge is 0.247 e. The normalized spacial score (nSPS) is 10.3. The number of ketones is 1. The molecule has 0 aliphatic carbocycles. The van der Waals surface area contributed by atoms with Gasteiger partial charge in [0.2, 0.25) is 18.1 Å². The van der Waals surface area contributed by atoms with Gasteiger partial charge in [0.15, 0.2) is 6.61 Å². The highest BCUT2D eigenvalue weighted by Crippen LogP contribution is 2.25. The van der Waals surface area contributed by atoms with Crippen LogP contribution in [0.2, 0.25) is 0 Å². The van der Waals surface area contributed by atoms with Crippen molar-refractivity contribution < 1.29 is 23.4 Å². The number of aromatic nitrogens is 2. The Morgan fingerprint density at radius 1 is 1.04 bits per heavy atom. The quantitative estimate of drug-likeness (QED) is 0.611. The van der Waals surface area contributed by atoms with Crippen LogP contribution in [0.4, 0.5) is 0 Å². The largest absolute Gasteiger partial charge is 0.497 e. The van der Waals surface area contributed by atoms with Gasteiger partial charge in [-0.2, -0.15) is 0 Å². The first-order chi connectivity index (χ1) is 12.2. The molecule has 128 valence electrons. The van der Waals surface area contributed by atoms with Gasteiger partial charge in [-0.15, -0.1) is 10.2 Å². The van der Waals surface area contributed by atoms with Crippen LogP contribution in [0, 0.1) is 0 Å². The maximum atomic E-state index is 12.4. The molecule has 0 aliphatic rings. The highest BCUT2D eigenvalue weighted by Gasteiger charge is 2.14. The molecule has 25 heavy (non-hydrogen) atoms. The molecule has 0 radical (unpaired) electrons. The van der Waals surface area contributed by atoms with Gasteiger partial charge in [0.05, 0.1) is 19.8 Å². The molecule has 7 nitrogen and oxygen atoms in total. The number of benzene rings is 2. The van der Waals surface area contributed by atoms with E-state index in [1.165, 1.54) is 13.5 Å². The zero-order valence-electron chi connectivity index (χ0n) is 13.8.